The first-order valence-electron chi connectivity index (χ1n) is 5.16. The lowest BCUT2D eigenvalue weighted by Crippen LogP contribution is -2.33. The Hall–Kier alpha value is -0.920. The Morgan fingerprint density at radius 3 is 2.76 bits per heavy atom. The lowest BCUT2D eigenvalue weighted by Gasteiger charge is -2.22. The third-order valence-corrected chi connectivity index (χ3v) is 4.50. The van der Waals surface area contributed by atoms with Crippen molar-refractivity contribution in [2.75, 3.05) is 17.9 Å². The van der Waals surface area contributed by atoms with Gasteiger partial charge in [-0.25, -0.2) is 13.4 Å². The van der Waals surface area contributed by atoms with Gasteiger partial charge in [-0.1, -0.05) is 0 Å². The SMILES string of the molecule is O=S(=O)(Nc1ccnc(Cl)n1)C1CCOCC1. The van der Waals surface area contributed by atoms with Crippen molar-refractivity contribution in [3.8, 4) is 0 Å². The molecule has 0 aliphatic carbocycles. The van der Waals surface area contributed by atoms with E-state index in [2.05, 4.69) is 14.7 Å². The van der Waals surface area contributed by atoms with Crippen LogP contribution in [0, 0.1) is 0 Å². The van der Waals surface area contributed by atoms with E-state index in [4.69, 9.17) is 16.3 Å². The summed E-state index contributed by atoms with van der Waals surface area (Å²) < 4.78 is 31.5. The molecule has 94 valence electrons. The third kappa shape index (κ3) is 3.27. The van der Waals surface area contributed by atoms with Crippen LogP contribution in [0.3, 0.4) is 0 Å². The zero-order valence-corrected chi connectivity index (χ0v) is 10.5. The van der Waals surface area contributed by atoms with Crippen LogP contribution < -0.4 is 4.72 Å². The fraction of sp³-hybridized carbons (Fsp3) is 0.556. The molecule has 8 heteroatoms. The van der Waals surface area contributed by atoms with E-state index in [1.54, 1.807) is 0 Å². The second-order valence-corrected chi connectivity index (χ2v) is 5.97. The van der Waals surface area contributed by atoms with E-state index < -0.39 is 15.3 Å². The van der Waals surface area contributed by atoms with Gasteiger partial charge in [0, 0.05) is 19.4 Å². The molecule has 1 fully saturated rings. The topological polar surface area (TPSA) is 81.2 Å². The van der Waals surface area contributed by atoms with Gasteiger partial charge in [-0.3, -0.25) is 4.72 Å². The van der Waals surface area contributed by atoms with E-state index in [-0.39, 0.29) is 11.1 Å². The smallest absolute Gasteiger partial charge is 0.236 e. The van der Waals surface area contributed by atoms with Crippen LogP contribution in [0.25, 0.3) is 0 Å². The van der Waals surface area contributed by atoms with Gasteiger partial charge in [0.2, 0.25) is 15.3 Å². The minimum absolute atomic E-state index is 0.0113. The highest BCUT2D eigenvalue weighted by Crippen LogP contribution is 2.18. The summed E-state index contributed by atoms with van der Waals surface area (Å²) in [7, 11) is -3.43. The Balaban J connectivity index is 2.11. The molecule has 1 aromatic heterocycles. The molecule has 0 radical (unpaired) electrons. The summed E-state index contributed by atoms with van der Waals surface area (Å²) in [5.74, 6) is 0.191. The standard InChI is InChI=1S/C9H12ClN3O3S/c10-9-11-4-1-8(12-9)13-17(14,15)7-2-5-16-6-3-7/h1,4,7H,2-3,5-6H2,(H,11,12,13). The van der Waals surface area contributed by atoms with E-state index in [1.807, 2.05) is 0 Å². The van der Waals surface area contributed by atoms with Gasteiger partial charge in [-0.05, 0) is 30.5 Å². The molecule has 0 aromatic carbocycles. The minimum Gasteiger partial charge on any atom is -0.381 e. The van der Waals surface area contributed by atoms with E-state index >= 15 is 0 Å². The molecule has 0 saturated carbocycles. The largest absolute Gasteiger partial charge is 0.381 e. The van der Waals surface area contributed by atoms with Crippen molar-refractivity contribution in [3.63, 3.8) is 0 Å². The van der Waals surface area contributed by atoms with Crippen LogP contribution in [-0.2, 0) is 14.8 Å². The first-order valence-corrected chi connectivity index (χ1v) is 7.08. The number of halogens is 1. The van der Waals surface area contributed by atoms with Crippen molar-refractivity contribution in [2.45, 2.75) is 18.1 Å². The minimum atomic E-state index is -3.43. The van der Waals surface area contributed by atoms with Crippen molar-refractivity contribution in [3.05, 3.63) is 17.5 Å². The summed E-state index contributed by atoms with van der Waals surface area (Å²) in [4.78, 5) is 7.47. The molecule has 6 nitrogen and oxygen atoms in total. The number of hydrogen-bond donors (Lipinski definition) is 1. The monoisotopic (exact) mass is 277 g/mol. The molecule has 0 unspecified atom stereocenters. The normalized spacial score (nSPS) is 17.9. The van der Waals surface area contributed by atoms with Gasteiger partial charge in [-0.2, -0.15) is 4.98 Å². The van der Waals surface area contributed by atoms with Crippen LogP contribution in [0.4, 0.5) is 5.82 Å². The van der Waals surface area contributed by atoms with Crippen LogP contribution >= 0.6 is 11.6 Å². The molecule has 1 aromatic rings. The molecular weight excluding hydrogens is 266 g/mol. The zero-order valence-electron chi connectivity index (χ0n) is 8.97. The molecule has 0 bridgehead atoms. The van der Waals surface area contributed by atoms with Gasteiger partial charge in [0.1, 0.15) is 5.82 Å². The second kappa shape index (κ2) is 5.16. The number of nitrogens with one attached hydrogen (secondary N) is 1. The molecule has 0 amide bonds. The molecule has 2 heterocycles. The molecule has 1 saturated heterocycles. The summed E-state index contributed by atoms with van der Waals surface area (Å²) >= 11 is 5.58. The highest BCUT2D eigenvalue weighted by molar-refractivity contribution is 7.93. The Kier molecular flexibility index (Phi) is 3.80. The predicted molar refractivity (Wildman–Crippen MR) is 63.4 cm³/mol. The lowest BCUT2D eigenvalue weighted by atomic mass is 10.2. The molecular formula is C9H12ClN3O3S. The van der Waals surface area contributed by atoms with E-state index in [0.29, 0.717) is 26.1 Å². The summed E-state index contributed by atoms with van der Waals surface area (Å²) in [6, 6.07) is 1.46. The number of hydrogen-bond acceptors (Lipinski definition) is 5. The van der Waals surface area contributed by atoms with Crippen LogP contribution in [0.1, 0.15) is 12.8 Å². The van der Waals surface area contributed by atoms with Gasteiger partial charge in [0.15, 0.2) is 0 Å². The van der Waals surface area contributed by atoms with Crippen molar-refractivity contribution in [2.24, 2.45) is 0 Å². The van der Waals surface area contributed by atoms with Crippen LogP contribution in [0.15, 0.2) is 12.3 Å². The van der Waals surface area contributed by atoms with Gasteiger partial charge in [0.25, 0.3) is 0 Å². The van der Waals surface area contributed by atoms with Crippen molar-refractivity contribution >= 4 is 27.4 Å². The molecule has 1 aliphatic heterocycles. The predicted octanol–water partition coefficient (Wildman–Crippen LogP) is 1.05. The number of ether oxygens (including phenoxy) is 1. The maximum atomic E-state index is 12.0. The van der Waals surface area contributed by atoms with Gasteiger partial charge >= 0.3 is 0 Å². The molecule has 17 heavy (non-hydrogen) atoms. The number of sulfonamides is 1. The Morgan fingerprint density at radius 1 is 1.41 bits per heavy atom. The van der Waals surface area contributed by atoms with Gasteiger partial charge < -0.3 is 4.74 Å². The highest BCUT2D eigenvalue weighted by Gasteiger charge is 2.27. The number of rotatable bonds is 3. The first kappa shape index (κ1) is 12.5. The van der Waals surface area contributed by atoms with E-state index in [0.717, 1.165) is 0 Å². The number of aromatic nitrogens is 2. The molecule has 2 rings (SSSR count). The maximum absolute atomic E-state index is 12.0. The molecule has 1 N–H and O–H groups in total. The van der Waals surface area contributed by atoms with E-state index in [1.165, 1.54) is 12.3 Å². The Labute approximate surface area is 104 Å². The van der Waals surface area contributed by atoms with Crippen LogP contribution in [0.5, 0.6) is 0 Å². The molecule has 0 atom stereocenters. The van der Waals surface area contributed by atoms with Crippen LogP contribution in [0.2, 0.25) is 5.28 Å². The van der Waals surface area contributed by atoms with E-state index in [9.17, 15) is 8.42 Å². The molecule has 0 spiro atoms. The second-order valence-electron chi connectivity index (χ2n) is 3.67. The fourth-order valence-corrected chi connectivity index (χ4v) is 3.14. The van der Waals surface area contributed by atoms with Gasteiger partial charge in [0.05, 0.1) is 5.25 Å². The molecule has 1 aliphatic rings. The summed E-state index contributed by atoms with van der Waals surface area (Å²) in [6.45, 7) is 0.937. The summed E-state index contributed by atoms with van der Waals surface area (Å²) in [5.41, 5.74) is 0. The highest BCUT2D eigenvalue weighted by atomic mass is 35.5. The third-order valence-electron chi connectivity index (χ3n) is 2.48. The average Bonchev–Trinajstić information content (AvgIpc) is 2.29. The Morgan fingerprint density at radius 2 is 2.12 bits per heavy atom. The van der Waals surface area contributed by atoms with Gasteiger partial charge in [-0.15, -0.1) is 0 Å². The zero-order chi connectivity index (χ0) is 12.3. The number of anilines is 1. The lowest BCUT2D eigenvalue weighted by molar-refractivity contribution is 0.0984. The summed E-state index contributed by atoms with van der Waals surface area (Å²) in [5, 5.41) is -0.429. The Bertz CT molecular complexity index is 488. The first-order chi connectivity index (χ1) is 8.08. The van der Waals surface area contributed by atoms with Crippen molar-refractivity contribution in [1.82, 2.24) is 9.97 Å². The van der Waals surface area contributed by atoms with Crippen LogP contribution in [-0.4, -0.2) is 36.8 Å². The maximum Gasteiger partial charge on any atom is 0.236 e. The summed E-state index contributed by atoms with van der Waals surface area (Å²) in [6.07, 6.45) is 2.39. The van der Waals surface area contributed by atoms with Crippen molar-refractivity contribution in [1.29, 1.82) is 0 Å². The number of nitrogens with zero attached hydrogens (tertiary/aromatic N) is 2. The fourth-order valence-electron chi connectivity index (χ4n) is 1.61. The quantitative estimate of drug-likeness (QED) is 0.835. The average molecular weight is 278 g/mol. The van der Waals surface area contributed by atoms with Crippen molar-refractivity contribution < 1.29 is 13.2 Å².